The largest absolute Gasteiger partial charge is 0.478 e. The van der Waals surface area contributed by atoms with Crippen LogP contribution in [-0.4, -0.2) is 27.4 Å². The molecule has 22 heavy (non-hydrogen) atoms. The van der Waals surface area contributed by atoms with Crippen molar-refractivity contribution in [1.82, 2.24) is 4.57 Å². The first-order valence-electron chi connectivity index (χ1n) is 8.03. The van der Waals surface area contributed by atoms with Gasteiger partial charge in [-0.3, -0.25) is 0 Å². The quantitative estimate of drug-likeness (QED) is 0.822. The molecule has 1 heterocycles. The minimum Gasteiger partial charge on any atom is -0.478 e. The predicted octanol–water partition coefficient (Wildman–Crippen LogP) is 3.55. The van der Waals surface area contributed by atoms with Crippen molar-refractivity contribution >= 4 is 16.9 Å². The van der Waals surface area contributed by atoms with E-state index in [0.717, 1.165) is 48.0 Å². The summed E-state index contributed by atoms with van der Waals surface area (Å²) < 4.78 is 2.13. The van der Waals surface area contributed by atoms with Gasteiger partial charge >= 0.3 is 5.97 Å². The van der Waals surface area contributed by atoms with Gasteiger partial charge in [-0.15, -0.1) is 0 Å². The number of hydrogen-bond acceptors (Lipinski definition) is 2. The molecule has 0 unspecified atom stereocenters. The number of hydrogen-bond donors (Lipinski definition) is 2. The number of aryl methyl sites for hydroxylation is 3. The molecule has 0 amide bonds. The summed E-state index contributed by atoms with van der Waals surface area (Å²) >= 11 is 0. The molecule has 120 valence electrons. The Hall–Kier alpha value is -1.81. The maximum atomic E-state index is 11.7. The van der Waals surface area contributed by atoms with Gasteiger partial charge in [0.2, 0.25) is 0 Å². The van der Waals surface area contributed by atoms with E-state index in [-0.39, 0.29) is 6.61 Å². The van der Waals surface area contributed by atoms with Gasteiger partial charge in [-0.25, -0.2) is 4.79 Å². The number of nitrogens with zero attached hydrogens (tertiary/aromatic N) is 1. The SMILES string of the molecule is CCCn1c(C)c(CCCO)c2cc(CC)cc(C(=O)O)c21. The van der Waals surface area contributed by atoms with E-state index >= 15 is 0 Å². The molecule has 2 N–H and O–H groups in total. The van der Waals surface area contributed by atoms with Crippen molar-refractivity contribution < 1.29 is 15.0 Å². The molecular formula is C18H25NO3. The highest BCUT2D eigenvalue weighted by molar-refractivity contribution is 6.04. The van der Waals surface area contributed by atoms with Gasteiger partial charge in [-0.2, -0.15) is 0 Å². The molecule has 0 radical (unpaired) electrons. The van der Waals surface area contributed by atoms with Crippen LogP contribution < -0.4 is 0 Å². The normalized spacial score (nSPS) is 11.3. The van der Waals surface area contributed by atoms with E-state index in [2.05, 4.69) is 24.5 Å². The first kappa shape index (κ1) is 16.6. The molecule has 2 aromatic rings. The van der Waals surface area contributed by atoms with Crippen molar-refractivity contribution in [3.63, 3.8) is 0 Å². The van der Waals surface area contributed by atoms with Crippen molar-refractivity contribution in [1.29, 1.82) is 0 Å². The van der Waals surface area contributed by atoms with Crippen LogP contribution in [-0.2, 0) is 19.4 Å². The standard InChI is InChI=1S/C18H25NO3/c1-4-8-19-12(3)14(7-6-9-20)15-10-13(5-2)11-16(17(15)19)18(21)22/h10-11,20H,4-9H2,1-3H3,(H,21,22). The van der Waals surface area contributed by atoms with Crippen LogP contribution in [0.1, 0.15) is 53.9 Å². The maximum absolute atomic E-state index is 11.7. The van der Waals surface area contributed by atoms with E-state index in [9.17, 15) is 9.90 Å². The smallest absolute Gasteiger partial charge is 0.337 e. The molecule has 2 rings (SSSR count). The molecule has 1 aromatic heterocycles. The molecule has 0 aliphatic rings. The zero-order valence-electron chi connectivity index (χ0n) is 13.6. The average molecular weight is 303 g/mol. The summed E-state index contributed by atoms with van der Waals surface area (Å²) in [6.45, 7) is 7.15. The summed E-state index contributed by atoms with van der Waals surface area (Å²) in [4.78, 5) is 11.7. The summed E-state index contributed by atoms with van der Waals surface area (Å²) in [5.74, 6) is -0.871. The van der Waals surface area contributed by atoms with E-state index in [0.29, 0.717) is 12.0 Å². The van der Waals surface area contributed by atoms with Gasteiger partial charge in [0.05, 0.1) is 11.1 Å². The topological polar surface area (TPSA) is 62.5 Å². The fourth-order valence-corrected chi connectivity index (χ4v) is 3.18. The van der Waals surface area contributed by atoms with E-state index in [1.165, 1.54) is 5.56 Å². The number of carbonyl (C=O) groups is 1. The second-order valence-corrected chi connectivity index (χ2v) is 5.74. The Labute approximate surface area is 131 Å². The first-order valence-corrected chi connectivity index (χ1v) is 8.03. The second-order valence-electron chi connectivity index (χ2n) is 5.74. The lowest BCUT2D eigenvalue weighted by Gasteiger charge is -2.09. The number of carboxylic acid groups (broad SMARTS) is 1. The van der Waals surface area contributed by atoms with Crippen LogP contribution in [0, 0.1) is 6.92 Å². The number of benzene rings is 1. The molecule has 0 fully saturated rings. The molecule has 0 atom stereocenters. The van der Waals surface area contributed by atoms with Gasteiger partial charge in [0.25, 0.3) is 0 Å². The fourth-order valence-electron chi connectivity index (χ4n) is 3.18. The Morgan fingerprint density at radius 3 is 2.55 bits per heavy atom. The lowest BCUT2D eigenvalue weighted by molar-refractivity contribution is 0.0698. The van der Waals surface area contributed by atoms with Crippen molar-refractivity contribution in [2.75, 3.05) is 6.61 Å². The molecule has 0 aliphatic heterocycles. The number of rotatable bonds is 7. The molecule has 0 aliphatic carbocycles. The van der Waals surface area contributed by atoms with Crippen LogP contribution in [0.5, 0.6) is 0 Å². The fraction of sp³-hybridized carbons (Fsp3) is 0.500. The molecule has 4 nitrogen and oxygen atoms in total. The molecule has 0 saturated carbocycles. The summed E-state index contributed by atoms with van der Waals surface area (Å²) in [5.41, 5.74) is 4.57. The van der Waals surface area contributed by atoms with Gasteiger partial charge in [-0.1, -0.05) is 13.8 Å². The third-order valence-electron chi connectivity index (χ3n) is 4.28. The van der Waals surface area contributed by atoms with E-state index in [1.807, 2.05) is 6.92 Å². The summed E-state index contributed by atoms with van der Waals surface area (Å²) in [7, 11) is 0. The molecule has 0 bridgehead atoms. The van der Waals surface area contributed by atoms with Crippen molar-refractivity contribution in [2.45, 2.75) is 53.0 Å². The molecule has 0 saturated heterocycles. The number of aromatic carboxylic acids is 1. The number of aliphatic hydroxyl groups is 1. The lowest BCUT2D eigenvalue weighted by atomic mass is 10.00. The van der Waals surface area contributed by atoms with Gasteiger partial charge in [0, 0.05) is 24.2 Å². The molecule has 0 spiro atoms. The first-order chi connectivity index (χ1) is 10.5. The van der Waals surface area contributed by atoms with Crippen LogP contribution in [0.3, 0.4) is 0 Å². The minimum atomic E-state index is -0.871. The van der Waals surface area contributed by atoms with E-state index in [1.54, 1.807) is 6.07 Å². The van der Waals surface area contributed by atoms with Gasteiger partial charge in [0.15, 0.2) is 0 Å². The number of aromatic nitrogens is 1. The average Bonchev–Trinajstić information content (AvgIpc) is 2.77. The second kappa shape index (κ2) is 6.97. The van der Waals surface area contributed by atoms with Crippen LogP contribution in [0.2, 0.25) is 0 Å². The van der Waals surface area contributed by atoms with E-state index in [4.69, 9.17) is 5.11 Å². The van der Waals surface area contributed by atoms with Crippen LogP contribution >= 0.6 is 0 Å². The Kier molecular flexibility index (Phi) is 5.24. The number of aliphatic hydroxyl groups excluding tert-OH is 1. The summed E-state index contributed by atoms with van der Waals surface area (Å²) in [6, 6.07) is 3.92. The minimum absolute atomic E-state index is 0.152. The van der Waals surface area contributed by atoms with E-state index < -0.39 is 5.97 Å². The van der Waals surface area contributed by atoms with Gasteiger partial charge in [-0.05, 0) is 55.9 Å². The van der Waals surface area contributed by atoms with Crippen LogP contribution in [0.4, 0.5) is 0 Å². The predicted molar refractivity (Wildman–Crippen MR) is 88.7 cm³/mol. The highest BCUT2D eigenvalue weighted by atomic mass is 16.4. The highest BCUT2D eigenvalue weighted by Gasteiger charge is 2.20. The Balaban J connectivity index is 2.80. The molecule has 1 aromatic carbocycles. The van der Waals surface area contributed by atoms with Crippen LogP contribution in [0.15, 0.2) is 12.1 Å². The summed E-state index contributed by atoms with van der Waals surface area (Å²) in [6.07, 6.45) is 3.25. The zero-order valence-corrected chi connectivity index (χ0v) is 13.6. The monoisotopic (exact) mass is 303 g/mol. The number of fused-ring (bicyclic) bond motifs is 1. The van der Waals surface area contributed by atoms with Crippen molar-refractivity contribution in [3.8, 4) is 0 Å². The highest BCUT2D eigenvalue weighted by Crippen LogP contribution is 2.31. The van der Waals surface area contributed by atoms with Crippen molar-refractivity contribution in [2.24, 2.45) is 0 Å². The Morgan fingerprint density at radius 2 is 2.00 bits per heavy atom. The molecular weight excluding hydrogens is 278 g/mol. The molecule has 4 heteroatoms. The maximum Gasteiger partial charge on any atom is 0.337 e. The number of carboxylic acids is 1. The lowest BCUT2D eigenvalue weighted by Crippen LogP contribution is -2.05. The van der Waals surface area contributed by atoms with Gasteiger partial charge in [0.1, 0.15) is 0 Å². The third-order valence-corrected chi connectivity index (χ3v) is 4.28. The Morgan fingerprint density at radius 1 is 1.27 bits per heavy atom. The Bertz CT molecular complexity index is 685. The summed E-state index contributed by atoms with van der Waals surface area (Å²) in [5, 5.41) is 19.8. The van der Waals surface area contributed by atoms with Crippen molar-refractivity contribution in [3.05, 3.63) is 34.5 Å². The van der Waals surface area contributed by atoms with Crippen LogP contribution in [0.25, 0.3) is 10.9 Å². The zero-order chi connectivity index (χ0) is 16.3. The third kappa shape index (κ3) is 2.88. The van der Waals surface area contributed by atoms with Gasteiger partial charge < -0.3 is 14.8 Å².